The van der Waals surface area contributed by atoms with Gasteiger partial charge in [0.2, 0.25) is 0 Å². The van der Waals surface area contributed by atoms with Crippen molar-refractivity contribution < 1.29 is 23.5 Å². The van der Waals surface area contributed by atoms with Gasteiger partial charge in [0.1, 0.15) is 11.6 Å². The second-order valence-corrected chi connectivity index (χ2v) is 4.39. The largest absolute Gasteiger partial charge is 0.481 e. The number of ketones is 1. The van der Waals surface area contributed by atoms with Crippen LogP contribution < -0.4 is 0 Å². The highest BCUT2D eigenvalue weighted by Gasteiger charge is 2.09. The fourth-order valence-corrected chi connectivity index (χ4v) is 1.77. The standard InChI is InChI=1S/C14H16F2O3/c15-11-7-10(8-12(16)9-11)13(17)5-3-1-2-4-6-14(18)19/h7-9H,1-6H2,(H,18,19). The fraction of sp³-hybridized carbons (Fsp3) is 0.429. The summed E-state index contributed by atoms with van der Waals surface area (Å²) in [6.07, 6.45) is 2.99. The van der Waals surface area contributed by atoms with Gasteiger partial charge in [0.05, 0.1) is 0 Å². The van der Waals surface area contributed by atoms with Crippen molar-refractivity contribution in [2.75, 3.05) is 0 Å². The van der Waals surface area contributed by atoms with Crippen LogP contribution in [0.3, 0.4) is 0 Å². The molecule has 1 aromatic carbocycles. The van der Waals surface area contributed by atoms with E-state index in [0.29, 0.717) is 12.8 Å². The van der Waals surface area contributed by atoms with E-state index in [1.54, 1.807) is 0 Å². The van der Waals surface area contributed by atoms with E-state index in [0.717, 1.165) is 31.0 Å². The first kappa shape index (κ1) is 15.3. The van der Waals surface area contributed by atoms with Crippen LogP contribution in [0, 0.1) is 11.6 Å². The van der Waals surface area contributed by atoms with Gasteiger partial charge in [0.25, 0.3) is 0 Å². The van der Waals surface area contributed by atoms with Crippen LogP contribution in [0.15, 0.2) is 18.2 Å². The van der Waals surface area contributed by atoms with E-state index in [1.165, 1.54) is 0 Å². The van der Waals surface area contributed by atoms with Crippen LogP contribution in [-0.4, -0.2) is 16.9 Å². The molecule has 0 aliphatic rings. The van der Waals surface area contributed by atoms with Crippen molar-refractivity contribution in [1.82, 2.24) is 0 Å². The smallest absolute Gasteiger partial charge is 0.303 e. The van der Waals surface area contributed by atoms with Crippen molar-refractivity contribution in [2.24, 2.45) is 0 Å². The molecule has 5 heteroatoms. The van der Waals surface area contributed by atoms with Gasteiger partial charge in [-0.1, -0.05) is 12.8 Å². The van der Waals surface area contributed by atoms with E-state index in [-0.39, 0.29) is 24.2 Å². The Morgan fingerprint density at radius 1 is 0.895 bits per heavy atom. The number of rotatable bonds is 8. The lowest BCUT2D eigenvalue weighted by molar-refractivity contribution is -0.137. The molecule has 0 fully saturated rings. The molecule has 0 amide bonds. The second kappa shape index (κ2) is 7.61. The SMILES string of the molecule is O=C(O)CCCCCCC(=O)c1cc(F)cc(F)c1. The number of hydrogen-bond donors (Lipinski definition) is 1. The maximum atomic E-state index is 12.9. The van der Waals surface area contributed by atoms with E-state index in [1.807, 2.05) is 0 Å². The predicted molar refractivity (Wildman–Crippen MR) is 66.0 cm³/mol. The van der Waals surface area contributed by atoms with E-state index >= 15 is 0 Å². The Kier molecular flexibility index (Phi) is 6.12. The van der Waals surface area contributed by atoms with Crippen molar-refractivity contribution in [3.8, 4) is 0 Å². The average Bonchev–Trinajstić information content (AvgIpc) is 2.31. The molecule has 0 saturated heterocycles. The molecule has 0 unspecified atom stereocenters. The molecule has 19 heavy (non-hydrogen) atoms. The van der Waals surface area contributed by atoms with Gasteiger partial charge in [0, 0.05) is 24.5 Å². The molecular formula is C14H16F2O3. The van der Waals surface area contributed by atoms with Gasteiger partial charge in [-0.15, -0.1) is 0 Å². The number of carboxylic acids is 1. The summed E-state index contributed by atoms with van der Waals surface area (Å²) in [5, 5.41) is 8.43. The number of benzene rings is 1. The molecule has 0 saturated carbocycles. The molecule has 0 aromatic heterocycles. The van der Waals surface area contributed by atoms with E-state index in [9.17, 15) is 18.4 Å². The lowest BCUT2D eigenvalue weighted by Gasteiger charge is -2.02. The van der Waals surface area contributed by atoms with Gasteiger partial charge in [-0.3, -0.25) is 9.59 Å². The summed E-state index contributed by atoms with van der Waals surface area (Å²) < 4.78 is 25.8. The van der Waals surface area contributed by atoms with Crippen LogP contribution in [0.25, 0.3) is 0 Å². The molecule has 0 heterocycles. The molecule has 1 N–H and O–H groups in total. The van der Waals surface area contributed by atoms with Crippen LogP contribution >= 0.6 is 0 Å². The number of hydrogen-bond acceptors (Lipinski definition) is 2. The maximum absolute atomic E-state index is 12.9. The third-order valence-corrected chi connectivity index (χ3v) is 2.73. The molecule has 1 aromatic rings. The van der Waals surface area contributed by atoms with Crippen molar-refractivity contribution in [1.29, 1.82) is 0 Å². The number of Topliss-reactive ketones (excluding diaryl/α,β-unsaturated/α-hetero) is 1. The molecule has 0 radical (unpaired) electrons. The number of halogens is 2. The highest BCUT2D eigenvalue weighted by molar-refractivity contribution is 5.96. The van der Waals surface area contributed by atoms with Crippen molar-refractivity contribution in [2.45, 2.75) is 38.5 Å². The Morgan fingerprint density at radius 2 is 1.42 bits per heavy atom. The first-order valence-corrected chi connectivity index (χ1v) is 6.20. The topological polar surface area (TPSA) is 54.4 Å². The maximum Gasteiger partial charge on any atom is 0.303 e. The van der Waals surface area contributed by atoms with Gasteiger partial charge < -0.3 is 5.11 Å². The number of carboxylic acid groups (broad SMARTS) is 1. The second-order valence-electron chi connectivity index (χ2n) is 4.39. The minimum atomic E-state index is -0.827. The molecule has 0 atom stereocenters. The zero-order valence-corrected chi connectivity index (χ0v) is 10.5. The highest BCUT2D eigenvalue weighted by atomic mass is 19.1. The lowest BCUT2D eigenvalue weighted by atomic mass is 10.0. The van der Waals surface area contributed by atoms with Gasteiger partial charge in [-0.05, 0) is 25.0 Å². The molecular weight excluding hydrogens is 254 g/mol. The Balaban J connectivity index is 2.29. The zero-order valence-electron chi connectivity index (χ0n) is 10.5. The van der Waals surface area contributed by atoms with Crippen LogP contribution in [-0.2, 0) is 4.79 Å². The summed E-state index contributed by atoms with van der Waals surface area (Å²) in [6.45, 7) is 0. The molecule has 0 bridgehead atoms. The quantitative estimate of drug-likeness (QED) is 0.580. The minimum Gasteiger partial charge on any atom is -0.481 e. The zero-order chi connectivity index (χ0) is 14.3. The summed E-state index contributed by atoms with van der Waals surface area (Å²) in [4.78, 5) is 21.9. The third kappa shape index (κ3) is 6.08. The van der Waals surface area contributed by atoms with Crippen LogP contribution in [0.4, 0.5) is 8.78 Å². The summed E-state index contributed by atoms with van der Waals surface area (Å²) in [6, 6.07) is 2.77. The predicted octanol–water partition coefficient (Wildman–Crippen LogP) is 3.57. The molecule has 0 spiro atoms. The number of aliphatic carboxylic acids is 1. The summed E-state index contributed by atoms with van der Waals surface area (Å²) in [5.41, 5.74) is 0.0445. The molecule has 0 aliphatic carbocycles. The first-order valence-electron chi connectivity index (χ1n) is 6.20. The Hall–Kier alpha value is -1.78. The van der Waals surface area contributed by atoms with Gasteiger partial charge in [-0.25, -0.2) is 8.78 Å². The van der Waals surface area contributed by atoms with Crippen LogP contribution in [0.1, 0.15) is 48.9 Å². The Labute approximate surface area is 110 Å². The fourth-order valence-electron chi connectivity index (χ4n) is 1.77. The minimum absolute atomic E-state index is 0.0445. The van der Waals surface area contributed by atoms with Gasteiger partial charge in [-0.2, -0.15) is 0 Å². The number of carbonyl (C=O) groups excluding carboxylic acids is 1. The summed E-state index contributed by atoms with van der Waals surface area (Å²) >= 11 is 0. The van der Waals surface area contributed by atoms with Crippen molar-refractivity contribution in [3.05, 3.63) is 35.4 Å². The van der Waals surface area contributed by atoms with E-state index < -0.39 is 17.6 Å². The van der Waals surface area contributed by atoms with Crippen LogP contribution in [0.2, 0.25) is 0 Å². The summed E-state index contributed by atoms with van der Waals surface area (Å²) in [7, 11) is 0. The van der Waals surface area contributed by atoms with Crippen molar-refractivity contribution in [3.63, 3.8) is 0 Å². The average molecular weight is 270 g/mol. The number of unbranched alkanes of at least 4 members (excludes halogenated alkanes) is 3. The monoisotopic (exact) mass is 270 g/mol. The molecule has 3 nitrogen and oxygen atoms in total. The summed E-state index contributed by atoms with van der Waals surface area (Å²) in [5.74, 6) is -2.64. The molecule has 1 rings (SSSR count). The Morgan fingerprint density at radius 3 is 1.95 bits per heavy atom. The van der Waals surface area contributed by atoms with E-state index in [4.69, 9.17) is 5.11 Å². The normalized spacial score (nSPS) is 10.4. The number of carbonyl (C=O) groups is 2. The van der Waals surface area contributed by atoms with Crippen LogP contribution in [0.5, 0.6) is 0 Å². The Bertz CT molecular complexity index is 438. The molecule has 0 aliphatic heterocycles. The first-order chi connectivity index (χ1) is 8.99. The lowest BCUT2D eigenvalue weighted by Crippen LogP contribution is -2.01. The van der Waals surface area contributed by atoms with Gasteiger partial charge in [0.15, 0.2) is 5.78 Å². The van der Waals surface area contributed by atoms with E-state index in [2.05, 4.69) is 0 Å². The highest BCUT2D eigenvalue weighted by Crippen LogP contribution is 2.13. The van der Waals surface area contributed by atoms with Gasteiger partial charge >= 0.3 is 5.97 Å². The third-order valence-electron chi connectivity index (χ3n) is 2.73. The van der Waals surface area contributed by atoms with Crippen molar-refractivity contribution >= 4 is 11.8 Å². The molecule has 104 valence electrons.